The molecule has 2 N–H and O–H groups in total. The van der Waals surface area contributed by atoms with Crippen molar-refractivity contribution in [1.82, 2.24) is 0 Å². The summed E-state index contributed by atoms with van der Waals surface area (Å²) in [5.74, 6) is -5.11. The molecule has 0 aromatic heterocycles. The average molecular weight is 331 g/mol. The van der Waals surface area contributed by atoms with Crippen molar-refractivity contribution in [2.24, 2.45) is 5.73 Å². The molecule has 0 amide bonds. The number of alkyl halides is 5. The van der Waals surface area contributed by atoms with E-state index in [0.29, 0.717) is 0 Å². The van der Waals surface area contributed by atoms with Crippen LogP contribution in [-0.4, -0.2) is 12.1 Å². The molecule has 104 valence electrons. The molecule has 0 radical (unpaired) electrons. The Labute approximate surface area is 115 Å². The zero-order valence-electron chi connectivity index (χ0n) is 8.44. The fourth-order valence-corrected chi connectivity index (χ4v) is 1.80. The van der Waals surface area contributed by atoms with Crippen LogP contribution in [0.2, 0.25) is 10.0 Å². The van der Waals surface area contributed by atoms with Gasteiger partial charge in [0.25, 0.3) is 0 Å². The normalized spacial score (nSPS) is 14.0. The minimum Gasteiger partial charge on any atom is -0.319 e. The molecule has 0 aliphatic rings. The SMILES string of the molecule is Cl.N[C@@H](c1c(Cl)cccc1Cl)C(F)(F)C(F)(F)F. The lowest BCUT2D eigenvalue weighted by atomic mass is 10.0. The van der Waals surface area contributed by atoms with E-state index >= 15 is 0 Å². The van der Waals surface area contributed by atoms with Crippen molar-refractivity contribution in [3.8, 4) is 0 Å². The summed E-state index contributed by atoms with van der Waals surface area (Å²) in [6, 6.07) is 0.931. The van der Waals surface area contributed by atoms with E-state index in [1.807, 2.05) is 0 Å². The van der Waals surface area contributed by atoms with Gasteiger partial charge in [0, 0.05) is 15.6 Å². The number of nitrogens with two attached hydrogens (primary N) is 1. The number of hydrogen-bond acceptors (Lipinski definition) is 1. The molecular formula is C9H7Cl3F5N. The second-order valence-corrected chi connectivity index (χ2v) is 4.05. The Bertz CT molecular complexity index is 401. The lowest BCUT2D eigenvalue weighted by Crippen LogP contribution is -2.46. The van der Waals surface area contributed by atoms with Crippen LogP contribution < -0.4 is 5.73 Å². The van der Waals surface area contributed by atoms with E-state index in [1.54, 1.807) is 0 Å². The Morgan fingerprint density at radius 1 is 1.00 bits per heavy atom. The maximum Gasteiger partial charge on any atom is 0.455 e. The molecule has 0 heterocycles. The molecule has 1 aromatic carbocycles. The predicted octanol–water partition coefficient (Wildman–Crippen LogP) is 4.61. The number of rotatable bonds is 2. The van der Waals surface area contributed by atoms with Crippen LogP contribution in [0.25, 0.3) is 0 Å². The molecule has 1 atom stereocenters. The van der Waals surface area contributed by atoms with Gasteiger partial charge in [-0.25, -0.2) is 0 Å². The van der Waals surface area contributed by atoms with E-state index in [9.17, 15) is 22.0 Å². The highest BCUT2D eigenvalue weighted by atomic mass is 35.5. The van der Waals surface area contributed by atoms with Crippen molar-refractivity contribution < 1.29 is 22.0 Å². The summed E-state index contributed by atoms with van der Waals surface area (Å²) >= 11 is 11.0. The van der Waals surface area contributed by atoms with E-state index in [-0.39, 0.29) is 22.5 Å². The zero-order chi connectivity index (χ0) is 13.4. The fraction of sp³-hybridized carbons (Fsp3) is 0.333. The first kappa shape index (κ1) is 17.7. The van der Waals surface area contributed by atoms with E-state index in [2.05, 4.69) is 0 Å². The Balaban J connectivity index is 0.00000289. The summed E-state index contributed by atoms with van der Waals surface area (Å²) in [6.07, 6.45) is -5.77. The highest BCUT2D eigenvalue weighted by Gasteiger charge is 2.62. The molecule has 18 heavy (non-hydrogen) atoms. The third-order valence-electron chi connectivity index (χ3n) is 2.08. The smallest absolute Gasteiger partial charge is 0.319 e. The first-order valence-electron chi connectivity index (χ1n) is 4.23. The first-order chi connectivity index (χ1) is 7.59. The summed E-state index contributed by atoms with van der Waals surface area (Å²) in [5, 5.41) is -0.678. The molecule has 0 unspecified atom stereocenters. The number of benzene rings is 1. The van der Waals surface area contributed by atoms with Crippen LogP contribution in [0.15, 0.2) is 18.2 Å². The molecule has 1 aromatic rings. The van der Waals surface area contributed by atoms with Crippen LogP contribution in [0, 0.1) is 0 Å². The topological polar surface area (TPSA) is 26.0 Å². The molecule has 0 bridgehead atoms. The third kappa shape index (κ3) is 3.17. The van der Waals surface area contributed by atoms with Gasteiger partial charge in [-0.15, -0.1) is 12.4 Å². The average Bonchev–Trinajstić information content (AvgIpc) is 2.15. The van der Waals surface area contributed by atoms with Crippen molar-refractivity contribution in [2.45, 2.75) is 18.1 Å². The Morgan fingerprint density at radius 3 is 1.72 bits per heavy atom. The summed E-state index contributed by atoms with van der Waals surface area (Å²) in [5.41, 5.74) is 4.29. The summed E-state index contributed by atoms with van der Waals surface area (Å²) in [6.45, 7) is 0. The lowest BCUT2D eigenvalue weighted by Gasteiger charge is -2.27. The van der Waals surface area contributed by atoms with Crippen LogP contribution in [0.3, 0.4) is 0 Å². The zero-order valence-corrected chi connectivity index (χ0v) is 10.8. The maximum absolute atomic E-state index is 13.0. The summed E-state index contributed by atoms with van der Waals surface area (Å²) in [4.78, 5) is 0. The minimum absolute atomic E-state index is 0. The highest BCUT2D eigenvalue weighted by molar-refractivity contribution is 6.36. The van der Waals surface area contributed by atoms with Crippen molar-refractivity contribution in [1.29, 1.82) is 0 Å². The van der Waals surface area contributed by atoms with E-state index in [0.717, 1.165) is 12.1 Å². The molecule has 0 spiro atoms. The molecule has 0 saturated carbocycles. The monoisotopic (exact) mass is 329 g/mol. The quantitative estimate of drug-likeness (QED) is 0.787. The standard InChI is InChI=1S/C9H6Cl2F5N.ClH/c10-4-2-1-3-5(11)6(4)7(17)8(12,13)9(14,15)16;/h1-3,7H,17H2;1H/t7-;/m0./s1. The second-order valence-electron chi connectivity index (χ2n) is 3.23. The molecule has 0 saturated heterocycles. The van der Waals surface area contributed by atoms with Crippen LogP contribution in [0.1, 0.15) is 11.6 Å². The Hall–Kier alpha value is -0.300. The number of halogens is 8. The molecule has 1 rings (SSSR count). The summed E-state index contributed by atoms with van der Waals surface area (Å²) < 4.78 is 62.4. The molecular weight excluding hydrogens is 323 g/mol. The minimum atomic E-state index is -5.77. The van der Waals surface area contributed by atoms with Crippen LogP contribution >= 0.6 is 35.6 Å². The summed E-state index contributed by atoms with van der Waals surface area (Å²) in [7, 11) is 0. The first-order valence-corrected chi connectivity index (χ1v) is 4.98. The van der Waals surface area contributed by atoms with Gasteiger partial charge < -0.3 is 5.73 Å². The third-order valence-corrected chi connectivity index (χ3v) is 2.74. The van der Waals surface area contributed by atoms with Crippen molar-refractivity contribution in [3.05, 3.63) is 33.8 Å². The van der Waals surface area contributed by atoms with Crippen molar-refractivity contribution in [2.75, 3.05) is 0 Å². The van der Waals surface area contributed by atoms with Gasteiger partial charge in [0.1, 0.15) is 6.04 Å². The lowest BCUT2D eigenvalue weighted by molar-refractivity contribution is -0.290. The van der Waals surface area contributed by atoms with Gasteiger partial charge in [-0.2, -0.15) is 22.0 Å². The molecule has 1 nitrogen and oxygen atoms in total. The van der Waals surface area contributed by atoms with Gasteiger partial charge in [0.15, 0.2) is 0 Å². The fourth-order valence-electron chi connectivity index (χ4n) is 1.17. The van der Waals surface area contributed by atoms with Gasteiger partial charge in [-0.05, 0) is 12.1 Å². The molecule has 0 aliphatic heterocycles. The predicted molar refractivity (Wildman–Crippen MR) is 61.6 cm³/mol. The van der Waals surface area contributed by atoms with E-state index < -0.39 is 23.7 Å². The van der Waals surface area contributed by atoms with Crippen LogP contribution in [-0.2, 0) is 0 Å². The van der Waals surface area contributed by atoms with Gasteiger partial charge in [-0.3, -0.25) is 0 Å². The second kappa shape index (κ2) is 5.77. The van der Waals surface area contributed by atoms with E-state index in [1.165, 1.54) is 6.07 Å². The molecule has 0 aliphatic carbocycles. The van der Waals surface area contributed by atoms with Gasteiger partial charge in [0.05, 0.1) is 0 Å². The van der Waals surface area contributed by atoms with Crippen molar-refractivity contribution >= 4 is 35.6 Å². The molecule has 0 fully saturated rings. The maximum atomic E-state index is 13.0. The van der Waals surface area contributed by atoms with Crippen molar-refractivity contribution in [3.63, 3.8) is 0 Å². The van der Waals surface area contributed by atoms with Crippen LogP contribution in [0.4, 0.5) is 22.0 Å². The van der Waals surface area contributed by atoms with E-state index in [4.69, 9.17) is 28.9 Å². The largest absolute Gasteiger partial charge is 0.455 e. The van der Waals surface area contributed by atoms with Gasteiger partial charge in [0.2, 0.25) is 0 Å². The highest BCUT2D eigenvalue weighted by Crippen LogP contribution is 2.46. The Kier molecular flexibility index (Phi) is 5.68. The van der Waals surface area contributed by atoms with Gasteiger partial charge in [-0.1, -0.05) is 29.3 Å². The Morgan fingerprint density at radius 2 is 1.39 bits per heavy atom. The van der Waals surface area contributed by atoms with Crippen LogP contribution in [0.5, 0.6) is 0 Å². The number of hydrogen-bond donors (Lipinski definition) is 1. The van der Waals surface area contributed by atoms with Gasteiger partial charge >= 0.3 is 12.1 Å². The molecule has 9 heteroatoms.